The van der Waals surface area contributed by atoms with E-state index >= 15 is 0 Å². The van der Waals surface area contributed by atoms with E-state index < -0.39 is 6.09 Å². The summed E-state index contributed by atoms with van der Waals surface area (Å²) in [5, 5.41) is 2.71. The minimum absolute atomic E-state index is 0.0723. The number of anilines is 3. The average molecular weight is 453 g/mol. The third-order valence-corrected chi connectivity index (χ3v) is 7.65. The lowest BCUT2D eigenvalue weighted by Gasteiger charge is -2.38. The summed E-state index contributed by atoms with van der Waals surface area (Å²) in [6.07, 6.45) is 2.49. The van der Waals surface area contributed by atoms with Crippen molar-refractivity contribution in [2.45, 2.75) is 35.1 Å². The lowest BCUT2D eigenvalue weighted by molar-refractivity contribution is -0.118. The van der Waals surface area contributed by atoms with Crippen LogP contribution < -0.4 is 10.2 Å². The second kappa shape index (κ2) is 9.13. The zero-order valence-corrected chi connectivity index (χ0v) is 19.1. The Balaban J connectivity index is 1.36. The smallest absolute Gasteiger partial charge is 0.411 e. The van der Waals surface area contributed by atoms with Gasteiger partial charge in [-0.1, -0.05) is 23.9 Å². The number of fused-ring (bicyclic) bond motifs is 3. The Bertz CT molecular complexity index is 1030. The standard InChI is InChI=1S/C24H28N4O3S/c1-31-24(30)25-17-8-9-22-20(15-17)28(19-6-2-3-7-21(19)32-22)23(29)10-12-26-13-14-27-11-4-5-18(27)16-26/h2-3,6-9,15,18H,4-5,10-14,16H2,1H3,(H,25,30)/t18-/m0/s1. The number of nitrogens with one attached hydrogen (secondary N) is 1. The Labute approximate surface area is 192 Å². The van der Waals surface area contributed by atoms with E-state index in [1.807, 2.05) is 47.4 Å². The van der Waals surface area contributed by atoms with Crippen LogP contribution in [0, 0.1) is 0 Å². The number of ether oxygens (including phenoxy) is 1. The first-order chi connectivity index (χ1) is 15.6. The molecule has 2 aromatic carbocycles. The molecule has 2 amide bonds. The van der Waals surface area contributed by atoms with Crippen molar-refractivity contribution >= 4 is 40.8 Å². The number of benzene rings is 2. The topological polar surface area (TPSA) is 65.1 Å². The van der Waals surface area contributed by atoms with E-state index in [0.717, 1.165) is 47.3 Å². The van der Waals surface area contributed by atoms with Crippen LogP contribution in [-0.2, 0) is 9.53 Å². The molecule has 0 radical (unpaired) electrons. The molecule has 3 heterocycles. The predicted molar refractivity (Wildman–Crippen MR) is 126 cm³/mol. The summed E-state index contributed by atoms with van der Waals surface area (Å²) in [4.78, 5) is 34.1. The van der Waals surface area contributed by atoms with E-state index in [-0.39, 0.29) is 5.91 Å². The van der Waals surface area contributed by atoms with Gasteiger partial charge in [0.05, 0.1) is 18.5 Å². The van der Waals surface area contributed by atoms with Gasteiger partial charge in [0.1, 0.15) is 0 Å². The summed E-state index contributed by atoms with van der Waals surface area (Å²) < 4.78 is 4.72. The zero-order chi connectivity index (χ0) is 22.1. The Kier molecular flexibility index (Phi) is 6.08. The number of piperazine rings is 1. The van der Waals surface area contributed by atoms with Crippen molar-refractivity contribution in [2.75, 3.05) is 50.1 Å². The molecule has 8 heteroatoms. The van der Waals surface area contributed by atoms with Gasteiger partial charge in [-0.3, -0.25) is 24.8 Å². The monoisotopic (exact) mass is 452 g/mol. The fraction of sp³-hybridized carbons (Fsp3) is 0.417. The highest BCUT2D eigenvalue weighted by atomic mass is 32.2. The van der Waals surface area contributed by atoms with Crippen LogP contribution in [0.4, 0.5) is 21.9 Å². The molecule has 1 atom stereocenters. The molecule has 0 saturated carbocycles. The SMILES string of the molecule is COC(=O)Nc1ccc2c(c1)N(C(=O)CCN1CCN3CCC[C@H]3C1)c1ccccc1S2. The third-order valence-electron chi connectivity index (χ3n) is 6.52. The second-order valence-electron chi connectivity index (χ2n) is 8.48. The van der Waals surface area contributed by atoms with Gasteiger partial charge in [-0.2, -0.15) is 0 Å². The first-order valence-electron chi connectivity index (χ1n) is 11.2. The van der Waals surface area contributed by atoms with Gasteiger partial charge < -0.3 is 4.74 Å². The van der Waals surface area contributed by atoms with Crippen molar-refractivity contribution in [2.24, 2.45) is 0 Å². The van der Waals surface area contributed by atoms with Crippen LogP contribution in [0.3, 0.4) is 0 Å². The molecule has 0 spiro atoms. The van der Waals surface area contributed by atoms with Crippen LogP contribution in [-0.4, -0.2) is 67.7 Å². The van der Waals surface area contributed by atoms with Crippen molar-refractivity contribution < 1.29 is 14.3 Å². The number of carbonyl (C=O) groups excluding carboxylic acids is 2. The van der Waals surface area contributed by atoms with Crippen molar-refractivity contribution in [3.63, 3.8) is 0 Å². The van der Waals surface area contributed by atoms with Gasteiger partial charge in [0.15, 0.2) is 0 Å². The van der Waals surface area contributed by atoms with E-state index in [1.54, 1.807) is 11.8 Å². The summed E-state index contributed by atoms with van der Waals surface area (Å²) in [6.45, 7) is 5.18. The van der Waals surface area contributed by atoms with Crippen LogP contribution >= 0.6 is 11.8 Å². The molecule has 2 aromatic rings. The van der Waals surface area contributed by atoms with E-state index in [1.165, 1.54) is 26.5 Å². The van der Waals surface area contributed by atoms with E-state index in [0.29, 0.717) is 18.2 Å². The van der Waals surface area contributed by atoms with E-state index in [4.69, 9.17) is 4.74 Å². The number of para-hydroxylation sites is 1. The van der Waals surface area contributed by atoms with Crippen molar-refractivity contribution in [3.8, 4) is 0 Å². The summed E-state index contributed by atoms with van der Waals surface area (Å²) in [7, 11) is 1.33. The first kappa shape index (κ1) is 21.3. The van der Waals surface area contributed by atoms with Crippen LogP contribution in [0.5, 0.6) is 0 Å². The second-order valence-corrected chi connectivity index (χ2v) is 9.56. The van der Waals surface area contributed by atoms with E-state index in [9.17, 15) is 9.59 Å². The quantitative estimate of drug-likeness (QED) is 0.751. The van der Waals surface area contributed by atoms with Crippen LogP contribution in [0.15, 0.2) is 52.3 Å². The minimum Gasteiger partial charge on any atom is -0.453 e. The summed E-state index contributed by atoms with van der Waals surface area (Å²) >= 11 is 1.64. The Morgan fingerprint density at radius 1 is 1.09 bits per heavy atom. The molecule has 2 saturated heterocycles. The van der Waals surface area contributed by atoms with Gasteiger partial charge in [-0.15, -0.1) is 0 Å². The molecule has 2 fully saturated rings. The molecule has 1 N–H and O–H groups in total. The van der Waals surface area contributed by atoms with Gasteiger partial charge in [-0.05, 0) is 49.7 Å². The van der Waals surface area contributed by atoms with Crippen LogP contribution in [0.2, 0.25) is 0 Å². The van der Waals surface area contributed by atoms with Gasteiger partial charge >= 0.3 is 6.09 Å². The number of methoxy groups -OCH3 is 1. The molecule has 0 unspecified atom stereocenters. The van der Waals surface area contributed by atoms with E-state index in [2.05, 4.69) is 15.1 Å². The lowest BCUT2D eigenvalue weighted by atomic mass is 10.1. The van der Waals surface area contributed by atoms with Crippen molar-refractivity contribution in [1.82, 2.24) is 9.80 Å². The fourth-order valence-electron chi connectivity index (χ4n) is 4.89. The lowest BCUT2D eigenvalue weighted by Crippen LogP contribution is -2.50. The molecule has 168 valence electrons. The molecule has 0 aromatic heterocycles. The maximum Gasteiger partial charge on any atom is 0.411 e. The maximum atomic E-state index is 13.6. The van der Waals surface area contributed by atoms with Gasteiger partial charge in [0.25, 0.3) is 0 Å². The number of rotatable bonds is 4. The summed E-state index contributed by atoms with van der Waals surface area (Å²) in [6, 6.07) is 14.3. The van der Waals surface area contributed by atoms with Crippen molar-refractivity contribution in [3.05, 3.63) is 42.5 Å². The number of hydrogen-bond donors (Lipinski definition) is 1. The molecule has 3 aliphatic heterocycles. The third kappa shape index (κ3) is 4.22. The number of amides is 2. The molecular weight excluding hydrogens is 424 g/mol. The van der Waals surface area contributed by atoms with Crippen LogP contribution in [0.25, 0.3) is 0 Å². The Morgan fingerprint density at radius 3 is 2.81 bits per heavy atom. The highest BCUT2D eigenvalue weighted by molar-refractivity contribution is 7.99. The van der Waals surface area contributed by atoms with Crippen molar-refractivity contribution in [1.29, 1.82) is 0 Å². The molecule has 0 bridgehead atoms. The summed E-state index contributed by atoms with van der Waals surface area (Å²) in [5.41, 5.74) is 2.30. The molecule has 7 nitrogen and oxygen atoms in total. The largest absolute Gasteiger partial charge is 0.453 e. The fourth-order valence-corrected chi connectivity index (χ4v) is 5.93. The van der Waals surface area contributed by atoms with Crippen LogP contribution in [0.1, 0.15) is 19.3 Å². The molecule has 32 heavy (non-hydrogen) atoms. The average Bonchev–Trinajstić information content (AvgIpc) is 3.29. The van der Waals surface area contributed by atoms with Gasteiger partial charge in [-0.25, -0.2) is 4.79 Å². The molecule has 3 aliphatic rings. The molecular formula is C24H28N4O3S. The molecule has 0 aliphatic carbocycles. The van der Waals surface area contributed by atoms with Gasteiger partial charge in [0, 0.05) is 54.1 Å². The zero-order valence-electron chi connectivity index (χ0n) is 18.3. The van der Waals surface area contributed by atoms with Gasteiger partial charge in [0.2, 0.25) is 5.91 Å². The maximum absolute atomic E-state index is 13.6. The number of hydrogen-bond acceptors (Lipinski definition) is 6. The predicted octanol–water partition coefficient (Wildman–Crippen LogP) is 4.16. The highest BCUT2D eigenvalue weighted by Crippen LogP contribution is 2.49. The minimum atomic E-state index is -0.530. The number of nitrogens with zero attached hydrogens (tertiary/aromatic N) is 3. The normalized spacial score (nSPS) is 20.3. The summed E-state index contributed by atoms with van der Waals surface area (Å²) in [5.74, 6) is 0.0723. The first-order valence-corrected chi connectivity index (χ1v) is 12.0. The Morgan fingerprint density at radius 2 is 1.94 bits per heavy atom. The molecule has 5 rings (SSSR count). The number of carbonyl (C=O) groups is 2. The highest BCUT2D eigenvalue weighted by Gasteiger charge is 2.32. The Hall–Kier alpha value is -2.55.